The maximum Gasteiger partial charge on any atom is 0.337 e. The van der Waals surface area contributed by atoms with E-state index in [0.29, 0.717) is 11.3 Å². The largest absolute Gasteiger partial charge is 0.465 e. The van der Waals surface area contributed by atoms with Crippen LogP contribution in [0.5, 0.6) is 0 Å². The van der Waals surface area contributed by atoms with Crippen molar-refractivity contribution >= 4 is 23.5 Å². The standard InChI is InChI=1S/C19H22N2O5/c1-11(2)16(21-17(22)15-6-5-9-26-15)18(23)20-14-10-13(19(24)25-4)8-7-12(14)3/h5-11,16H,1-4H3,(H,20,23)(H,21,22)/t16-/m0/s1. The summed E-state index contributed by atoms with van der Waals surface area (Å²) < 4.78 is 9.75. The number of methoxy groups -OCH3 is 1. The Morgan fingerprint density at radius 1 is 1.15 bits per heavy atom. The summed E-state index contributed by atoms with van der Waals surface area (Å²) in [6.45, 7) is 5.46. The fourth-order valence-electron chi connectivity index (χ4n) is 2.37. The number of hydrogen-bond acceptors (Lipinski definition) is 5. The molecule has 0 spiro atoms. The highest BCUT2D eigenvalue weighted by atomic mass is 16.5. The predicted molar refractivity (Wildman–Crippen MR) is 95.9 cm³/mol. The number of esters is 1. The van der Waals surface area contributed by atoms with Gasteiger partial charge in [-0.25, -0.2) is 4.79 Å². The van der Waals surface area contributed by atoms with Gasteiger partial charge in [-0.05, 0) is 42.7 Å². The Kier molecular flexibility index (Phi) is 6.16. The fourth-order valence-corrected chi connectivity index (χ4v) is 2.37. The third-order valence-electron chi connectivity index (χ3n) is 3.90. The second-order valence-electron chi connectivity index (χ2n) is 6.18. The average molecular weight is 358 g/mol. The van der Waals surface area contributed by atoms with Gasteiger partial charge in [0.1, 0.15) is 6.04 Å². The molecule has 1 heterocycles. The highest BCUT2D eigenvalue weighted by Gasteiger charge is 2.26. The first-order valence-electron chi connectivity index (χ1n) is 8.17. The molecule has 0 saturated carbocycles. The Balaban J connectivity index is 2.17. The second-order valence-corrected chi connectivity index (χ2v) is 6.18. The molecule has 7 nitrogen and oxygen atoms in total. The first-order chi connectivity index (χ1) is 12.3. The lowest BCUT2D eigenvalue weighted by molar-refractivity contribution is -0.118. The molecule has 0 aliphatic carbocycles. The fraction of sp³-hybridized carbons (Fsp3) is 0.316. The van der Waals surface area contributed by atoms with Gasteiger partial charge in [-0.15, -0.1) is 0 Å². The molecule has 2 amide bonds. The van der Waals surface area contributed by atoms with Crippen LogP contribution >= 0.6 is 0 Å². The van der Waals surface area contributed by atoms with Gasteiger partial charge in [-0.3, -0.25) is 9.59 Å². The third kappa shape index (κ3) is 4.50. The van der Waals surface area contributed by atoms with Crippen LogP contribution in [0.15, 0.2) is 41.0 Å². The topological polar surface area (TPSA) is 97.6 Å². The number of furan rings is 1. The predicted octanol–water partition coefficient (Wildman–Crippen LogP) is 2.77. The van der Waals surface area contributed by atoms with E-state index in [1.165, 1.54) is 19.4 Å². The smallest absolute Gasteiger partial charge is 0.337 e. The zero-order valence-electron chi connectivity index (χ0n) is 15.2. The molecule has 2 rings (SSSR count). The number of amides is 2. The van der Waals surface area contributed by atoms with Gasteiger partial charge in [0, 0.05) is 5.69 Å². The van der Waals surface area contributed by atoms with Crippen LogP contribution in [0.2, 0.25) is 0 Å². The second kappa shape index (κ2) is 8.33. The molecule has 1 aromatic heterocycles. The molecule has 2 aromatic rings. The molecule has 0 radical (unpaired) electrons. The monoisotopic (exact) mass is 358 g/mol. The van der Waals surface area contributed by atoms with Crippen LogP contribution in [-0.4, -0.2) is 30.9 Å². The average Bonchev–Trinajstić information content (AvgIpc) is 3.15. The van der Waals surface area contributed by atoms with Crippen LogP contribution < -0.4 is 10.6 Å². The number of carbonyl (C=O) groups excluding carboxylic acids is 3. The zero-order valence-corrected chi connectivity index (χ0v) is 15.2. The van der Waals surface area contributed by atoms with Gasteiger partial charge in [-0.1, -0.05) is 19.9 Å². The van der Waals surface area contributed by atoms with Crippen LogP contribution in [0.4, 0.5) is 5.69 Å². The summed E-state index contributed by atoms with van der Waals surface area (Å²) >= 11 is 0. The molecule has 138 valence electrons. The quantitative estimate of drug-likeness (QED) is 0.774. The molecule has 0 bridgehead atoms. The van der Waals surface area contributed by atoms with E-state index >= 15 is 0 Å². The lowest BCUT2D eigenvalue weighted by atomic mass is 10.0. The number of nitrogens with one attached hydrogen (secondary N) is 2. The summed E-state index contributed by atoms with van der Waals surface area (Å²) in [6, 6.07) is 7.23. The van der Waals surface area contributed by atoms with E-state index in [1.807, 2.05) is 20.8 Å². The molecule has 1 atom stereocenters. The van der Waals surface area contributed by atoms with Gasteiger partial charge in [-0.2, -0.15) is 0 Å². The summed E-state index contributed by atoms with van der Waals surface area (Å²) in [7, 11) is 1.29. The number of aryl methyl sites for hydroxylation is 1. The highest BCUT2D eigenvalue weighted by Crippen LogP contribution is 2.19. The number of benzene rings is 1. The minimum atomic E-state index is -0.770. The van der Waals surface area contributed by atoms with Crippen molar-refractivity contribution in [3.8, 4) is 0 Å². The molecule has 7 heteroatoms. The Bertz CT molecular complexity index is 796. The van der Waals surface area contributed by atoms with E-state index in [2.05, 4.69) is 10.6 Å². The Morgan fingerprint density at radius 3 is 2.46 bits per heavy atom. The number of rotatable bonds is 6. The first kappa shape index (κ1) is 19.2. The van der Waals surface area contributed by atoms with E-state index in [-0.39, 0.29) is 17.6 Å². The van der Waals surface area contributed by atoms with Gasteiger partial charge in [0.2, 0.25) is 5.91 Å². The zero-order chi connectivity index (χ0) is 19.3. The lowest BCUT2D eigenvalue weighted by Gasteiger charge is -2.22. The third-order valence-corrected chi connectivity index (χ3v) is 3.90. The molecule has 0 aliphatic rings. The van der Waals surface area contributed by atoms with E-state index in [0.717, 1.165) is 5.56 Å². The van der Waals surface area contributed by atoms with E-state index < -0.39 is 17.9 Å². The van der Waals surface area contributed by atoms with Crippen LogP contribution in [0, 0.1) is 12.8 Å². The number of hydrogen-bond donors (Lipinski definition) is 2. The van der Waals surface area contributed by atoms with Crippen molar-refractivity contribution < 1.29 is 23.5 Å². The summed E-state index contributed by atoms with van der Waals surface area (Å²) in [6.07, 6.45) is 1.39. The van der Waals surface area contributed by atoms with E-state index in [9.17, 15) is 14.4 Å². The van der Waals surface area contributed by atoms with Crippen LogP contribution in [-0.2, 0) is 9.53 Å². The number of carbonyl (C=O) groups is 3. The van der Waals surface area contributed by atoms with Crippen molar-refractivity contribution in [1.82, 2.24) is 5.32 Å². The minimum absolute atomic E-state index is 0.132. The van der Waals surface area contributed by atoms with Crippen LogP contribution in [0.1, 0.15) is 40.3 Å². The van der Waals surface area contributed by atoms with Gasteiger partial charge in [0.05, 0.1) is 18.9 Å². The highest BCUT2D eigenvalue weighted by molar-refractivity contribution is 6.01. The molecular formula is C19H22N2O5. The van der Waals surface area contributed by atoms with Gasteiger partial charge in [0.15, 0.2) is 5.76 Å². The van der Waals surface area contributed by atoms with Gasteiger partial charge >= 0.3 is 5.97 Å². The SMILES string of the molecule is COC(=O)c1ccc(C)c(NC(=O)[C@@H](NC(=O)c2ccco2)C(C)C)c1. The van der Waals surface area contributed by atoms with E-state index in [1.54, 1.807) is 24.3 Å². The number of anilines is 1. The molecule has 0 unspecified atom stereocenters. The molecule has 26 heavy (non-hydrogen) atoms. The van der Waals surface area contributed by atoms with Crippen molar-refractivity contribution in [3.05, 3.63) is 53.5 Å². The van der Waals surface area contributed by atoms with Crippen molar-refractivity contribution in [1.29, 1.82) is 0 Å². The maximum atomic E-state index is 12.7. The summed E-state index contributed by atoms with van der Waals surface area (Å²) in [4.78, 5) is 36.5. The summed E-state index contributed by atoms with van der Waals surface area (Å²) in [5, 5.41) is 5.44. The lowest BCUT2D eigenvalue weighted by Crippen LogP contribution is -2.47. The van der Waals surface area contributed by atoms with Crippen LogP contribution in [0.3, 0.4) is 0 Å². The van der Waals surface area contributed by atoms with Crippen LogP contribution in [0.25, 0.3) is 0 Å². The van der Waals surface area contributed by atoms with Crippen molar-refractivity contribution in [3.63, 3.8) is 0 Å². The van der Waals surface area contributed by atoms with Crippen molar-refractivity contribution in [2.24, 2.45) is 5.92 Å². The normalized spacial score (nSPS) is 11.7. The molecular weight excluding hydrogens is 336 g/mol. The molecule has 1 aromatic carbocycles. The molecule has 0 aliphatic heterocycles. The summed E-state index contributed by atoms with van der Waals surface area (Å²) in [5.41, 5.74) is 1.59. The minimum Gasteiger partial charge on any atom is -0.465 e. The Hall–Kier alpha value is -3.09. The Labute approximate surface area is 151 Å². The van der Waals surface area contributed by atoms with Gasteiger partial charge < -0.3 is 19.8 Å². The van der Waals surface area contributed by atoms with Crippen molar-refractivity contribution in [2.75, 3.05) is 12.4 Å². The molecule has 0 saturated heterocycles. The maximum absolute atomic E-state index is 12.7. The summed E-state index contributed by atoms with van der Waals surface area (Å²) in [5.74, 6) is -1.37. The van der Waals surface area contributed by atoms with E-state index in [4.69, 9.17) is 9.15 Å². The first-order valence-corrected chi connectivity index (χ1v) is 8.17. The number of ether oxygens (including phenoxy) is 1. The Morgan fingerprint density at radius 2 is 1.88 bits per heavy atom. The molecule has 2 N–H and O–H groups in total. The van der Waals surface area contributed by atoms with Gasteiger partial charge in [0.25, 0.3) is 5.91 Å². The van der Waals surface area contributed by atoms with Crippen molar-refractivity contribution in [2.45, 2.75) is 26.8 Å². The molecule has 0 fully saturated rings.